The van der Waals surface area contributed by atoms with Crippen molar-refractivity contribution < 1.29 is 28.6 Å². The van der Waals surface area contributed by atoms with E-state index in [1.165, 1.54) is 263 Å². The number of ether oxygens (including phenoxy) is 3. The van der Waals surface area contributed by atoms with Crippen LogP contribution in [0, 0.1) is 0 Å². The first-order chi connectivity index (χ1) is 39.5. The summed E-state index contributed by atoms with van der Waals surface area (Å²) in [6, 6.07) is 0. The summed E-state index contributed by atoms with van der Waals surface area (Å²) in [7, 11) is 0. The van der Waals surface area contributed by atoms with Crippen LogP contribution in [0.3, 0.4) is 0 Å². The highest BCUT2D eigenvalue weighted by Gasteiger charge is 2.19. The molecule has 0 saturated carbocycles. The standard InChI is InChI=1S/C74H134O6/c1-4-7-10-13-16-19-22-25-28-30-31-32-33-34-35-36-37-38-39-40-41-42-43-44-47-49-52-55-58-61-64-67-73(76)79-70-71(69-78-72(75)66-63-60-57-54-51-48-45-27-24-21-18-15-12-9-6-3)80-74(77)68-65-62-59-56-53-50-46-29-26-23-20-17-14-11-8-5-2/h9,12,18,21,27,45,51,54,60,63,71H,4-8,10-11,13-17,19-20,22-26,28-44,46-50,52-53,55-59,61-62,64-70H2,1-3H3/b12-9-,21-18-,45-27-,54-51-,63-60-. The van der Waals surface area contributed by atoms with Gasteiger partial charge in [0.15, 0.2) is 6.10 Å². The smallest absolute Gasteiger partial charge is 0.309 e. The summed E-state index contributed by atoms with van der Waals surface area (Å²) < 4.78 is 16.9. The third kappa shape index (κ3) is 65.9. The maximum absolute atomic E-state index is 12.9. The first-order valence-corrected chi connectivity index (χ1v) is 35.3. The van der Waals surface area contributed by atoms with E-state index in [-0.39, 0.29) is 31.6 Å². The molecule has 0 amide bonds. The molecular formula is C74H134O6. The first-order valence-electron chi connectivity index (χ1n) is 35.3. The van der Waals surface area contributed by atoms with Crippen molar-refractivity contribution in [3.63, 3.8) is 0 Å². The van der Waals surface area contributed by atoms with E-state index in [0.29, 0.717) is 12.8 Å². The second-order valence-electron chi connectivity index (χ2n) is 23.8. The van der Waals surface area contributed by atoms with Crippen LogP contribution in [0.1, 0.15) is 374 Å². The fourth-order valence-electron chi connectivity index (χ4n) is 10.6. The van der Waals surface area contributed by atoms with Crippen molar-refractivity contribution >= 4 is 17.9 Å². The predicted molar refractivity (Wildman–Crippen MR) is 348 cm³/mol. The van der Waals surface area contributed by atoms with Gasteiger partial charge < -0.3 is 14.2 Å². The van der Waals surface area contributed by atoms with Gasteiger partial charge in [-0.15, -0.1) is 0 Å². The highest BCUT2D eigenvalue weighted by molar-refractivity contribution is 5.72. The van der Waals surface area contributed by atoms with E-state index in [0.717, 1.165) is 70.6 Å². The van der Waals surface area contributed by atoms with Crippen molar-refractivity contribution in [3.05, 3.63) is 60.8 Å². The SMILES string of the molecule is CC/C=C\C/C=C\C/C=C\C/C=C\C/C=C\CC(=O)OCC(COC(=O)CCCCCCCCCCCCCCCCCCCCCCCCCCCCCCCCC)OC(=O)CCCCCCCCCCCCCCCCCC. The number of rotatable bonds is 65. The van der Waals surface area contributed by atoms with Crippen LogP contribution in [-0.2, 0) is 28.6 Å². The number of unbranched alkanes of at least 4 members (excludes halogenated alkanes) is 45. The number of hydrogen-bond donors (Lipinski definition) is 0. The first kappa shape index (κ1) is 77.1. The lowest BCUT2D eigenvalue weighted by molar-refractivity contribution is -0.166. The van der Waals surface area contributed by atoms with Gasteiger partial charge >= 0.3 is 17.9 Å². The lowest BCUT2D eigenvalue weighted by Crippen LogP contribution is -2.30. The van der Waals surface area contributed by atoms with Crippen molar-refractivity contribution in [2.45, 2.75) is 380 Å². The van der Waals surface area contributed by atoms with Crippen molar-refractivity contribution in [2.75, 3.05) is 13.2 Å². The number of esters is 3. The summed E-state index contributed by atoms with van der Waals surface area (Å²) in [6.45, 7) is 6.50. The molecule has 0 rings (SSSR count). The number of hydrogen-bond acceptors (Lipinski definition) is 6. The van der Waals surface area contributed by atoms with Crippen LogP contribution in [0.25, 0.3) is 0 Å². The maximum Gasteiger partial charge on any atom is 0.309 e. The summed E-state index contributed by atoms with van der Waals surface area (Å²) in [5, 5.41) is 0. The Balaban J connectivity index is 4.20. The molecule has 0 aromatic rings. The van der Waals surface area contributed by atoms with Gasteiger partial charge in [-0.25, -0.2) is 0 Å². The summed E-state index contributed by atoms with van der Waals surface area (Å²) in [5.74, 6) is -1.01. The topological polar surface area (TPSA) is 78.9 Å². The Hall–Kier alpha value is -2.89. The van der Waals surface area contributed by atoms with Crippen LogP contribution in [0.4, 0.5) is 0 Å². The van der Waals surface area contributed by atoms with E-state index in [4.69, 9.17) is 14.2 Å². The van der Waals surface area contributed by atoms with E-state index in [2.05, 4.69) is 69.4 Å². The normalized spacial score (nSPS) is 12.4. The fraction of sp³-hybridized carbons (Fsp3) is 0.824. The summed E-state index contributed by atoms with van der Waals surface area (Å²) >= 11 is 0. The maximum atomic E-state index is 12.9. The zero-order chi connectivity index (χ0) is 57.8. The molecule has 0 aromatic carbocycles. The largest absolute Gasteiger partial charge is 0.462 e. The molecule has 1 atom stereocenters. The molecule has 0 N–H and O–H groups in total. The quantitative estimate of drug-likeness (QED) is 0.0261. The van der Waals surface area contributed by atoms with Gasteiger partial charge in [-0.1, -0.05) is 370 Å². The molecule has 466 valence electrons. The van der Waals surface area contributed by atoms with Gasteiger partial charge in [-0.05, 0) is 44.9 Å². The molecule has 0 fully saturated rings. The molecule has 0 heterocycles. The lowest BCUT2D eigenvalue weighted by atomic mass is 10.0. The van der Waals surface area contributed by atoms with E-state index in [9.17, 15) is 14.4 Å². The lowest BCUT2D eigenvalue weighted by Gasteiger charge is -2.18. The fourth-order valence-corrected chi connectivity index (χ4v) is 10.6. The minimum Gasteiger partial charge on any atom is -0.462 e. The molecule has 80 heavy (non-hydrogen) atoms. The average molecular weight is 1120 g/mol. The van der Waals surface area contributed by atoms with Gasteiger partial charge in [-0.2, -0.15) is 0 Å². The number of allylic oxidation sites excluding steroid dienone is 9. The third-order valence-electron chi connectivity index (χ3n) is 15.8. The van der Waals surface area contributed by atoms with Crippen molar-refractivity contribution in [3.8, 4) is 0 Å². The molecule has 0 radical (unpaired) electrons. The van der Waals surface area contributed by atoms with Gasteiger partial charge in [0.05, 0.1) is 6.42 Å². The Labute approximate surface area is 498 Å². The van der Waals surface area contributed by atoms with E-state index < -0.39 is 12.1 Å². The number of carbonyl (C=O) groups is 3. The molecular weight excluding hydrogens is 985 g/mol. The van der Waals surface area contributed by atoms with Crippen LogP contribution in [0.2, 0.25) is 0 Å². The van der Waals surface area contributed by atoms with Crippen molar-refractivity contribution in [2.24, 2.45) is 0 Å². The minimum absolute atomic E-state index is 0.0991. The molecule has 0 aliphatic carbocycles. The molecule has 0 saturated heterocycles. The number of carbonyl (C=O) groups excluding carboxylic acids is 3. The Morgan fingerprint density at radius 2 is 0.487 bits per heavy atom. The molecule has 1 unspecified atom stereocenters. The van der Waals surface area contributed by atoms with Gasteiger partial charge in [0.2, 0.25) is 0 Å². The molecule has 0 aliphatic rings. The van der Waals surface area contributed by atoms with Crippen LogP contribution < -0.4 is 0 Å². The van der Waals surface area contributed by atoms with Crippen LogP contribution >= 0.6 is 0 Å². The molecule has 0 spiro atoms. The van der Waals surface area contributed by atoms with Gasteiger partial charge in [0, 0.05) is 12.8 Å². The van der Waals surface area contributed by atoms with Crippen LogP contribution in [0.5, 0.6) is 0 Å². The Kier molecular flexibility index (Phi) is 66.1. The van der Waals surface area contributed by atoms with Crippen LogP contribution in [-0.4, -0.2) is 37.2 Å². The van der Waals surface area contributed by atoms with Gasteiger partial charge in [0.1, 0.15) is 13.2 Å². The predicted octanol–water partition coefficient (Wildman–Crippen LogP) is 24.3. The molecule has 0 bridgehead atoms. The van der Waals surface area contributed by atoms with E-state index >= 15 is 0 Å². The zero-order valence-corrected chi connectivity index (χ0v) is 53.6. The molecule has 0 aliphatic heterocycles. The van der Waals surface area contributed by atoms with Crippen LogP contribution in [0.15, 0.2) is 60.8 Å². The van der Waals surface area contributed by atoms with E-state index in [1.807, 2.05) is 12.2 Å². The highest BCUT2D eigenvalue weighted by atomic mass is 16.6. The molecule has 0 aromatic heterocycles. The highest BCUT2D eigenvalue weighted by Crippen LogP contribution is 2.19. The van der Waals surface area contributed by atoms with Gasteiger partial charge in [0.25, 0.3) is 0 Å². The Bertz CT molecular complexity index is 1430. The Morgan fingerprint density at radius 1 is 0.263 bits per heavy atom. The summed E-state index contributed by atoms with van der Waals surface area (Å²) in [6.07, 6.45) is 88.7. The Morgan fingerprint density at radius 3 is 0.762 bits per heavy atom. The second kappa shape index (κ2) is 68.6. The van der Waals surface area contributed by atoms with E-state index in [1.54, 1.807) is 0 Å². The average Bonchev–Trinajstić information content (AvgIpc) is 3.46. The summed E-state index contributed by atoms with van der Waals surface area (Å²) in [4.78, 5) is 38.3. The van der Waals surface area contributed by atoms with Gasteiger partial charge in [-0.3, -0.25) is 14.4 Å². The minimum atomic E-state index is -0.812. The van der Waals surface area contributed by atoms with Crippen molar-refractivity contribution in [1.82, 2.24) is 0 Å². The molecule has 6 nitrogen and oxygen atoms in total. The summed E-state index contributed by atoms with van der Waals surface area (Å²) in [5.41, 5.74) is 0. The zero-order valence-electron chi connectivity index (χ0n) is 53.6. The monoisotopic (exact) mass is 1120 g/mol. The molecule has 6 heteroatoms. The second-order valence-corrected chi connectivity index (χ2v) is 23.8. The van der Waals surface area contributed by atoms with Crippen molar-refractivity contribution in [1.29, 1.82) is 0 Å². The third-order valence-corrected chi connectivity index (χ3v) is 15.8.